The largest absolute Gasteiger partial charge is 0.497 e. The van der Waals surface area contributed by atoms with E-state index in [-0.39, 0.29) is 17.8 Å². The summed E-state index contributed by atoms with van der Waals surface area (Å²) < 4.78 is 10.9. The Bertz CT molecular complexity index is 997. The van der Waals surface area contributed by atoms with E-state index in [9.17, 15) is 4.79 Å². The van der Waals surface area contributed by atoms with E-state index in [1.165, 1.54) is 5.56 Å². The summed E-state index contributed by atoms with van der Waals surface area (Å²) in [6, 6.07) is 26.3. The molecule has 3 aromatic rings. The van der Waals surface area contributed by atoms with Crippen molar-refractivity contribution in [1.29, 1.82) is 0 Å². The van der Waals surface area contributed by atoms with E-state index in [1.54, 1.807) is 7.11 Å². The van der Waals surface area contributed by atoms with E-state index >= 15 is 0 Å². The lowest BCUT2D eigenvalue weighted by Gasteiger charge is -2.27. The molecule has 3 nitrogen and oxygen atoms in total. The van der Waals surface area contributed by atoms with Crippen LogP contribution in [0.25, 0.3) is 0 Å². The normalized spacial score (nSPS) is 13.2. The fourth-order valence-electron chi connectivity index (χ4n) is 3.56. The first kappa shape index (κ1) is 22.4. The standard InChI is InChI=1S/C28H30O3/c1-6-25(20-10-8-7-9-11-20)26(21-12-16-23(30-5)17-13-21)22-14-18-24(19-15-22)31-27(29)28(2,3)4/h6-19,25-26H,1H2,2-5H3/t25-,26+/m0/s1. The molecule has 2 atom stereocenters. The van der Waals surface area contributed by atoms with Crippen molar-refractivity contribution in [1.82, 2.24) is 0 Å². The van der Waals surface area contributed by atoms with E-state index < -0.39 is 5.41 Å². The number of allylic oxidation sites excluding steroid dienone is 1. The Labute approximate surface area is 185 Å². The Morgan fingerprint density at radius 2 is 1.32 bits per heavy atom. The summed E-state index contributed by atoms with van der Waals surface area (Å²) in [7, 11) is 1.67. The highest BCUT2D eigenvalue weighted by molar-refractivity contribution is 5.77. The number of ether oxygens (including phenoxy) is 2. The summed E-state index contributed by atoms with van der Waals surface area (Å²) in [4.78, 5) is 12.2. The molecular formula is C28H30O3. The van der Waals surface area contributed by atoms with Gasteiger partial charge in [-0.2, -0.15) is 0 Å². The van der Waals surface area contributed by atoms with Crippen LogP contribution >= 0.6 is 0 Å². The highest BCUT2D eigenvalue weighted by Crippen LogP contribution is 2.40. The number of hydrogen-bond acceptors (Lipinski definition) is 3. The molecule has 0 aliphatic heterocycles. The van der Waals surface area contributed by atoms with Crippen molar-refractivity contribution in [2.24, 2.45) is 5.41 Å². The molecule has 0 aliphatic rings. The van der Waals surface area contributed by atoms with Gasteiger partial charge in [0.25, 0.3) is 0 Å². The van der Waals surface area contributed by atoms with Crippen molar-refractivity contribution < 1.29 is 14.3 Å². The predicted molar refractivity (Wildman–Crippen MR) is 126 cm³/mol. The second-order valence-electron chi connectivity index (χ2n) is 8.63. The molecule has 0 fully saturated rings. The van der Waals surface area contributed by atoms with Gasteiger partial charge >= 0.3 is 5.97 Å². The van der Waals surface area contributed by atoms with E-state index in [0.717, 1.165) is 16.9 Å². The molecule has 0 amide bonds. The highest BCUT2D eigenvalue weighted by Gasteiger charge is 2.26. The zero-order valence-corrected chi connectivity index (χ0v) is 18.7. The number of rotatable bonds is 7. The van der Waals surface area contributed by atoms with Crippen LogP contribution in [-0.4, -0.2) is 13.1 Å². The van der Waals surface area contributed by atoms with Gasteiger partial charge in [0.15, 0.2) is 0 Å². The van der Waals surface area contributed by atoms with Gasteiger partial charge in [-0.05, 0) is 61.7 Å². The van der Waals surface area contributed by atoms with Crippen molar-refractivity contribution in [3.63, 3.8) is 0 Å². The molecule has 160 valence electrons. The lowest BCUT2D eigenvalue weighted by molar-refractivity contribution is -0.142. The third-order valence-electron chi connectivity index (χ3n) is 5.33. The molecule has 3 rings (SSSR count). The van der Waals surface area contributed by atoms with Crippen LogP contribution in [0, 0.1) is 5.41 Å². The second-order valence-corrected chi connectivity index (χ2v) is 8.63. The third-order valence-corrected chi connectivity index (χ3v) is 5.33. The number of carbonyl (C=O) groups is 1. The van der Waals surface area contributed by atoms with Crippen molar-refractivity contribution in [3.05, 3.63) is 108 Å². The summed E-state index contributed by atoms with van der Waals surface area (Å²) in [5.74, 6) is 1.25. The zero-order chi connectivity index (χ0) is 22.4. The van der Waals surface area contributed by atoms with Gasteiger partial charge in [0.1, 0.15) is 11.5 Å². The van der Waals surface area contributed by atoms with Crippen molar-refractivity contribution >= 4 is 5.97 Å². The SMILES string of the molecule is C=C[C@@H](c1ccccc1)[C@H](c1ccc(OC)cc1)c1ccc(OC(=O)C(C)(C)C)cc1. The molecule has 0 radical (unpaired) electrons. The van der Waals surface area contributed by atoms with Crippen molar-refractivity contribution in [3.8, 4) is 11.5 Å². The molecule has 0 spiro atoms. The zero-order valence-electron chi connectivity index (χ0n) is 18.7. The van der Waals surface area contributed by atoms with Gasteiger partial charge in [0.05, 0.1) is 12.5 Å². The fraction of sp³-hybridized carbons (Fsp3) is 0.250. The molecule has 0 saturated heterocycles. The maximum atomic E-state index is 12.2. The van der Waals surface area contributed by atoms with E-state index in [0.29, 0.717) is 5.75 Å². The van der Waals surface area contributed by atoms with Gasteiger partial charge in [0, 0.05) is 11.8 Å². The molecule has 0 aliphatic carbocycles. The molecule has 0 saturated carbocycles. The van der Waals surface area contributed by atoms with Crippen LogP contribution in [0.5, 0.6) is 11.5 Å². The summed E-state index contributed by atoms with van der Waals surface area (Å²) in [5.41, 5.74) is 2.93. The topological polar surface area (TPSA) is 35.5 Å². The Morgan fingerprint density at radius 1 is 0.806 bits per heavy atom. The molecule has 0 unspecified atom stereocenters. The first-order chi connectivity index (χ1) is 14.8. The van der Waals surface area contributed by atoms with E-state index in [4.69, 9.17) is 9.47 Å². The summed E-state index contributed by atoms with van der Waals surface area (Å²) in [5, 5.41) is 0. The van der Waals surface area contributed by atoms with Crippen LogP contribution < -0.4 is 9.47 Å². The number of methoxy groups -OCH3 is 1. The Balaban J connectivity index is 1.99. The lowest BCUT2D eigenvalue weighted by Crippen LogP contribution is -2.25. The predicted octanol–water partition coefficient (Wildman–Crippen LogP) is 6.75. The number of hydrogen-bond donors (Lipinski definition) is 0. The summed E-state index contributed by atoms with van der Waals surface area (Å²) in [6.07, 6.45) is 2.00. The molecule has 31 heavy (non-hydrogen) atoms. The average molecular weight is 415 g/mol. The minimum absolute atomic E-state index is 0.0539. The molecule has 3 heteroatoms. The molecular weight excluding hydrogens is 384 g/mol. The van der Waals surface area contributed by atoms with E-state index in [1.807, 2.05) is 81.4 Å². The van der Waals surface area contributed by atoms with Gasteiger partial charge < -0.3 is 9.47 Å². The summed E-state index contributed by atoms with van der Waals surface area (Å²) >= 11 is 0. The monoisotopic (exact) mass is 414 g/mol. The lowest BCUT2D eigenvalue weighted by atomic mass is 9.77. The smallest absolute Gasteiger partial charge is 0.316 e. The van der Waals surface area contributed by atoms with Gasteiger partial charge in [-0.3, -0.25) is 4.79 Å². The maximum absolute atomic E-state index is 12.2. The van der Waals surface area contributed by atoms with Crippen LogP contribution in [0.1, 0.15) is 49.3 Å². The quantitative estimate of drug-likeness (QED) is 0.244. The number of carbonyl (C=O) groups excluding carboxylic acids is 1. The van der Waals surface area contributed by atoms with Gasteiger partial charge in [-0.25, -0.2) is 0 Å². The molecule has 0 N–H and O–H groups in total. The van der Waals surface area contributed by atoms with Crippen molar-refractivity contribution in [2.45, 2.75) is 32.6 Å². The average Bonchev–Trinajstić information content (AvgIpc) is 2.78. The minimum atomic E-state index is -0.550. The van der Waals surface area contributed by atoms with Gasteiger partial charge in [-0.15, -0.1) is 6.58 Å². The highest BCUT2D eigenvalue weighted by atomic mass is 16.5. The first-order valence-electron chi connectivity index (χ1n) is 10.5. The van der Waals surface area contributed by atoms with Crippen LogP contribution in [0.15, 0.2) is 91.5 Å². The van der Waals surface area contributed by atoms with Crippen LogP contribution in [0.4, 0.5) is 0 Å². The molecule has 3 aromatic carbocycles. The first-order valence-corrected chi connectivity index (χ1v) is 10.5. The number of benzene rings is 3. The fourth-order valence-corrected chi connectivity index (χ4v) is 3.56. The molecule has 0 bridgehead atoms. The summed E-state index contributed by atoms with van der Waals surface area (Å²) in [6.45, 7) is 9.67. The van der Waals surface area contributed by atoms with Crippen LogP contribution in [0.2, 0.25) is 0 Å². The molecule has 0 aromatic heterocycles. The van der Waals surface area contributed by atoms with E-state index in [2.05, 4.69) is 30.8 Å². The Morgan fingerprint density at radius 3 is 1.77 bits per heavy atom. The Hall–Kier alpha value is -3.33. The maximum Gasteiger partial charge on any atom is 0.316 e. The minimum Gasteiger partial charge on any atom is -0.497 e. The number of esters is 1. The third kappa shape index (κ3) is 5.43. The van der Waals surface area contributed by atoms with Gasteiger partial charge in [-0.1, -0.05) is 60.7 Å². The van der Waals surface area contributed by atoms with Gasteiger partial charge in [0.2, 0.25) is 0 Å². The van der Waals surface area contributed by atoms with Crippen molar-refractivity contribution in [2.75, 3.05) is 7.11 Å². The Kier molecular flexibility index (Phi) is 6.96. The molecule has 0 heterocycles. The van der Waals surface area contributed by atoms with Crippen LogP contribution in [-0.2, 0) is 4.79 Å². The van der Waals surface area contributed by atoms with Crippen LogP contribution in [0.3, 0.4) is 0 Å². The second kappa shape index (κ2) is 9.65.